The lowest BCUT2D eigenvalue weighted by Crippen LogP contribution is -2.40. The fraction of sp³-hybridized carbons (Fsp3) is 0.533. The molecule has 1 amide bonds. The normalized spacial score (nSPS) is 22.5. The first kappa shape index (κ1) is 13.9. The number of aliphatic hydroxyl groups excluding tert-OH is 1. The molecule has 0 bridgehead atoms. The molecule has 1 aliphatic heterocycles. The Hall–Kier alpha value is -1.55. The second-order valence-corrected chi connectivity index (χ2v) is 5.23. The maximum absolute atomic E-state index is 12.1. The molecule has 3 unspecified atom stereocenters. The number of para-hydroxylation sites is 1. The highest BCUT2D eigenvalue weighted by molar-refractivity contribution is 5.83. The summed E-state index contributed by atoms with van der Waals surface area (Å²) in [5, 5.41) is 11.7. The van der Waals surface area contributed by atoms with E-state index in [2.05, 4.69) is 5.32 Å². The van der Waals surface area contributed by atoms with E-state index in [0.717, 1.165) is 11.3 Å². The van der Waals surface area contributed by atoms with E-state index in [1.54, 1.807) is 0 Å². The number of carbonyl (C=O) groups is 1. The van der Waals surface area contributed by atoms with Crippen LogP contribution < -0.4 is 10.1 Å². The predicted molar refractivity (Wildman–Crippen MR) is 73.1 cm³/mol. The number of aliphatic hydroxyl groups is 1. The quantitative estimate of drug-likeness (QED) is 0.850. The third kappa shape index (κ3) is 3.07. The molecular formula is C15H21NO3. The zero-order chi connectivity index (χ0) is 13.8. The smallest absolute Gasteiger partial charge is 0.261 e. The van der Waals surface area contributed by atoms with E-state index < -0.39 is 6.10 Å². The minimum Gasteiger partial charge on any atom is -0.480 e. The van der Waals surface area contributed by atoms with Gasteiger partial charge < -0.3 is 15.2 Å². The van der Waals surface area contributed by atoms with Gasteiger partial charge in [0.15, 0.2) is 6.10 Å². The van der Waals surface area contributed by atoms with Crippen molar-refractivity contribution in [3.8, 4) is 5.75 Å². The van der Waals surface area contributed by atoms with Gasteiger partial charge in [-0.25, -0.2) is 0 Å². The Balaban J connectivity index is 1.92. The van der Waals surface area contributed by atoms with Crippen LogP contribution in [0, 0.1) is 5.92 Å². The molecule has 0 aliphatic carbocycles. The average molecular weight is 263 g/mol. The number of carbonyl (C=O) groups excluding carboxylic acids is 1. The standard InChI is InChI=1S/C15H21NO3/c1-10(7-8-17)9-16-15(18)14-11(2)12-5-3-4-6-13(12)19-14/h3-6,10-11,14,17H,7-9H2,1-2H3,(H,16,18). The summed E-state index contributed by atoms with van der Waals surface area (Å²) in [5.41, 5.74) is 1.09. The highest BCUT2D eigenvalue weighted by Crippen LogP contribution is 2.37. The van der Waals surface area contributed by atoms with Gasteiger partial charge in [-0.05, 0) is 18.4 Å². The van der Waals surface area contributed by atoms with Crippen molar-refractivity contribution in [3.05, 3.63) is 29.8 Å². The van der Waals surface area contributed by atoms with Gasteiger partial charge in [0.2, 0.25) is 0 Å². The minimum atomic E-state index is -0.446. The summed E-state index contributed by atoms with van der Waals surface area (Å²) in [7, 11) is 0. The zero-order valence-corrected chi connectivity index (χ0v) is 11.4. The largest absolute Gasteiger partial charge is 0.480 e. The highest BCUT2D eigenvalue weighted by atomic mass is 16.5. The van der Waals surface area contributed by atoms with Crippen LogP contribution in [0.4, 0.5) is 0 Å². The number of hydrogen-bond acceptors (Lipinski definition) is 3. The fourth-order valence-corrected chi connectivity index (χ4v) is 2.34. The molecule has 1 heterocycles. The number of hydrogen-bond donors (Lipinski definition) is 2. The van der Waals surface area contributed by atoms with Crippen LogP contribution in [0.15, 0.2) is 24.3 Å². The Kier molecular flexibility index (Phi) is 4.43. The summed E-state index contributed by atoms with van der Waals surface area (Å²) < 4.78 is 5.71. The zero-order valence-electron chi connectivity index (χ0n) is 11.4. The molecule has 3 atom stereocenters. The number of fused-ring (bicyclic) bond motifs is 1. The van der Waals surface area contributed by atoms with Crippen LogP contribution in [0.3, 0.4) is 0 Å². The van der Waals surface area contributed by atoms with Gasteiger partial charge in [0.25, 0.3) is 5.91 Å². The molecule has 2 rings (SSSR count). The van der Waals surface area contributed by atoms with E-state index in [0.29, 0.717) is 13.0 Å². The number of benzene rings is 1. The second kappa shape index (κ2) is 6.06. The third-order valence-electron chi connectivity index (χ3n) is 3.62. The molecule has 0 saturated carbocycles. The van der Waals surface area contributed by atoms with Crippen molar-refractivity contribution in [2.24, 2.45) is 5.92 Å². The Morgan fingerprint density at radius 2 is 2.21 bits per heavy atom. The molecule has 0 spiro atoms. The average Bonchev–Trinajstić information content (AvgIpc) is 2.74. The lowest BCUT2D eigenvalue weighted by molar-refractivity contribution is -0.128. The lowest BCUT2D eigenvalue weighted by atomic mass is 9.97. The van der Waals surface area contributed by atoms with Crippen molar-refractivity contribution < 1.29 is 14.6 Å². The van der Waals surface area contributed by atoms with Crippen LogP contribution in [-0.4, -0.2) is 30.3 Å². The van der Waals surface area contributed by atoms with Crippen LogP contribution >= 0.6 is 0 Å². The van der Waals surface area contributed by atoms with Crippen molar-refractivity contribution >= 4 is 5.91 Å². The summed E-state index contributed by atoms with van der Waals surface area (Å²) in [6, 6.07) is 7.77. The van der Waals surface area contributed by atoms with Gasteiger partial charge in [-0.3, -0.25) is 4.79 Å². The minimum absolute atomic E-state index is 0.0735. The van der Waals surface area contributed by atoms with Gasteiger partial charge >= 0.3 is 0 Å². The maximum Gasteiger partial charge on any atom is 0.261 e. The molecule has 1 aromatic carbocycles. The summed E-state index contributed by atoms with van der Waals surface area (Å²) in [6.45, 7) is 4.73. The fourth-order valence-electron chi connectivity index (χ4n) is 2.34. The molecule has 19 heavy (non-hydrogen) atoms. The summed E-state index contributed by atoms with van der Waals surface area (Å²) in [5.74, 6) is 1.07. The molecule has 104 valence electrons. The van der Waals surface area contributed by atoms with Crippen molar-refractivity contribution in [2.75, 3.05) is 13.2 Å². The van der Waals surface area contributed by atoms with Crippen molar-refractivity contribution in [3.63, 3.8) is 0 Å². The molecule has 0 saturated heterocycles. The summed E-state index contributed by atoms with van der Waals surface area (Å²) >= 11 is 0. The van der Waals surface area contributed by atoms with Crippen molar-refractivity contribution in [1.82, 2.24) is 5.32 Å². The SMILES string of the molecule is CC(CCO)CNC(=O)C1Oc2ccccc2C1C. The van der Waals surface area contributed by atoms with Crippen molar-refractivity contribution in [2.45, 2.75) is 32.3 Å². The van der Waals surface area contributed by atoms with E-state index >= 15 is 0 Å². The van der Waals surface area contributed by atoms with Gasteiger partial charge in [0.05, 0.1) is 0 Å². The lowest BCUT2D eigenvalue weighted by Gasteiger charge is -2.17. The van der Waals surface area contributed by atoms with Crippen LogP contribution in [-0.2, 0) is 4.79 Å². The third-order valence-corrected chi connectivity index (χ3v) is 3.62. The van der Waals surface area contributed by atoms with Gasteiger partial charge in [-0.2, -0.15) is 0 Å². The second-order valence-electron chi connectivity index (χ2n) is 5.23. The van der Waals surface area contributed by atoms with E-state index in [4.69, 9.17) is 9.84 Å². The molecule has 2 N–H and O–H groups in total. The Morgan fingerprint density at radius 1 is 1.47 bits per heavy atom. The van der Waals surface area contributed by atoms with Gasteiger partial charge in [-0.1, -0.05) is 32.0 Å². The van der Waals surface area contributed by atoms with E-state index in [1.807, 2.05) is 38.1 Å². The Bertz CT molecular complexity index is 447. The molecule has 4 heteroatoms. The maximum atomic E-state index is 12.1. The predicted octanol–water partition coefficient (Wildman–Crippen LogP) is 1.69. The van der Waals surface area contributed by atoms with Crippen LogP contribution in [0.1, 0.15) is 31.7 Å². The van der Waals surface area contributed by atoms with Gasteiger partial charge in [0.1, 0.15) is 5.75 Å². The molecule has 1 aromatic rings. The van der Waals surface area contributed by atoms with E-state index in [-0.39, 0.29) is 24.3 Å². The van der Waals surface area contributed by atoms with E-state index in [9.17, 15) is 4.79 Å². The van der Waals surface area contributed by atoms with Gasteiger partial charge in [-0.15, -0.1) is 0 Å². The molecule has 0 radical (unpaired) electrons. The number of amides is 1. The topological polar surface area (TPSA) is 58.6 Å². The Labute approximate surface area is 113 Å². The number of nitrogens with one attached hydrogen (secondary N) is 1. The highest BCUT2D eigenvalue weighted by Gasteiger charge is 2.35. The summed E-state index contributed by atoms with van der Waals surface area (Å²) in [4.78, 5) is 12.1. The van der Waals surface area contributed by atoms with Gasteiger partial charge in [0, 0.05) is 24.6 Å². The number of rotatable bonds is 5. The van der Waals surface area contributed by atoms with E-state index in [1.165, 1.54) is 0 Å². The molecule has 4 nitrogen and oxygen atoms in total. The molecule has 0 aromatic heterocycles. The van der Waals surface area contributed by atoms with Crippen LogP contribution in [0.2, 0.25) is 0 Å². The summed E-state index contributed by atoms with van der Waals surface area (Å²) in [6.07, 6.45) is 0.250. The molecule has 1 aliphatic rings. The Morgan fingerprint density at radius 3 is 2.89 bits per heavy atom. The first-order valence-corrected chi connectivity index (χ1v) is 6.77. The monoisotopic (exact) mass is 263 g/mol. The van der Waals surface area contributed by atoms with Crippen LogP contribution in [0.25, 0.3) is 0 Å². The van der Waals surface area contributed by atoms with Crippen molar-refractivity contribution in [1.29, 1.82) is 0 Å². The first-order valence-electron chi connectivity index (χ1n) is 6.77. The molecular weight excluding hydrogens is 242 g/mol. The molecule has 0 fully saturated rings. The first-order chi connectivity index (χ1) is 9.13. The van der Waals surface area contributed by atoms with Crippen LogP contribution in [0.5, 0.6) is 5.75 Å². The number of ether oxygens (including phenoxy) is 1.